The second kappa shape index (κ2) is 11.1. The lowest BCUT2D eigenvalue weighted by molar-refractivity contribution is -0.188. The SMILES string of the molecule is C[C@@H]1CN(c2cc(F)c(-c3cnc(N4CCOCC4)nc3)cc2C2(C(F)(F)F)C=CC=CC2C(N)=O)C[C@H](C)N1C. The molecule has 1 aliphatic carbocycles. The Hall–Kier alpha value is -3.51. The zero-order valence-corrected chi connectivity index (χ0v) is 23.2. The molecule has 0 radical (unpaired) electrons. The highest BCUT2D eigenvalue weighted by Gasteiger charge is 2.61. The number of ether oxygens (including phenoxy) is 1. The van der Waals surface area contributed by atoms with Gasteiger partial charge in [-0.2, -0.15) is 13.2 Å². The second-order valence-corrected chi connectivity index (χ2v) is 11.0. The first kappa shape index (κ1) is 29.0. The number of benzene rings is 1. The van der Waals surface area contributed by atoms with Crippen LogP contribution in [-0.4, -0.2) is 85.5 Å². The molecule has 2 N–H and O–H groups in total. The van der Waals surface area contributed by atoms with Gasteiger partial charge in [-0.1, -0.05) is 24.3 Å². The van der Waals surface area contributed by atoms with Crippen LogP contribution in [0.3, 0.4) is 0 Å². The summed E-state index contributed by atoms with van der Waals surface area (Å²) in [7, 11) is 1.95. The van der Waals surface area contributed by atoms with E-state index in [1.54, 1.807) is 4.90 Å². The predicted molar refractivity (Wildman–Crippen MR) is 148 cm³/mol. The zero-order chi connectivity index (χ0) is 29.5. The molecule has 2 unspecified atom stereocenters. The number of nitrogens with two attached hydrogens (primary N) is 1. The summed E-state index contributed by atoms with van der Waals surface area (Å²) in [6, 6.07) is 2.32. The summed E-state index contributed by atoms with van der Waals surface area (Å²) in [5.74, 6) is -3.14. The topological polar surface area (TPSA) is 87.8 Å². The van der Waals surface area contributed by atoms with Gasteiger partial charge in [0.2, 0.25) is 11.9 Å². The summed E-state index contributed by atoms with van der Waals surface area (Å²) >= 11 is 0. The van der Waals surface area contributed by atoms with Crippen molar-refractivity contribution in [1.29, 1.82) is 0 Å². The number of rotatable bonds is 5. The molecule has 1 aromatic heterocycles. The molecule has 2 fully saturated rings. The average molecular weight is 575 g/mol. The van der Waals surface area contributed by atoms with Crippen molar-refractivity contribution in [2.24, 2.45) is 11.7 Å². The van der Waals surface area contributed by atoms with Gasteiger partial charge in [0.05, 0.1) is 19.1 Å². The number of carbonyl (C=O) groups is 1. The Labute approximate surface area is 236 Å². The normalized spacial score (nSPS) is 27.3. The molecule has 3 heterocycles. The van der Waals surface area contributed by atoms with Gasteiger partial charge in [-0.3, -0.25) is 9.69 Å². The van der Waals surface area contributed by atoms with E-state index in [2.05, 4.69) is 14.9 Å². The van der Waals surface area contributed by atoms with Gasteiger partial charge in [0, 0.05) is 67.5 Å². The molecule has 2 aliphatic heterocycles. The average Bonchev–Trinajstić information content (AvgIpc) is 2.95. The second-order valence-electron chi connectivity index (χ2n) is 11.0. The number of morpholine rings is 1. The molecule has 0 bridgehead atoms. The van der Waals surface area contributed by atoms with E-state index < -0.39 is 29.2 Å². The number of anilines is 2. The number of alkyl halides is 3. The van der Waals surface area contributed by atoms with Gasteiger partial charge in [0.1, 0.15) is 11.2 Å². The lowest BCUT2D eigenvalue weighted by Crippen LogP contribution is -2.56. The van der Waals surface area contributed by atoms with Crippen LogP contribution in [0.25, 0.3) is 11.1 Å². The van der Waals surface area contributed by atoms with Gasteiger partial charge in [0.25, 0.3) is 0 Å². The lowest BCUT2D eigenvalue weighted by atomic mass is 9.66. The number of aromatic nitrogens is 2. The molecule has 0 saturated carbocycles. The summed E-state index contributed by atoms with van der Waals surface area (Å²) in [4.78, 5) is 27.1. The maximum Gasteiger partial charge on any atom is 0.402 e. The minimum atomic E-state index is -4.93. The quantitative estimate of drug-likeness (QED) is 0.546. The van der Waals surface area contributed by atoms with Gasteiger partial charge in [0.15, 0.2) is 0 Å². The Kier molecular flexibility index (Phi) is 7.82. The summed E-state index contributed by atoms with van der Waals surface area (Å²) < 4.78 is 67.2. The number of nitrogens with zero attached hydrogens (tertiary/aromatic N) is 5. The van der Waals surface area contributed by atoms with Crippen LogP contribution in [0.5, 0.6) is 0 Å². The fourth-order valence-corrected chi connectivity index (χ4v) is 6.00. The van der Waals surface area contributed by atoms with Crippen molar-refractivity contribution >= 4 is 17.5 Å². The largest absolute Gasteiger partial charge is 0.402 e. The summed E-state index contributed by atoms with van der Waals surface area (Å²) in [6.45, 7) is 6.92. The number of primary amides is 1. The maximum atomic E-state index is 15.9. The highest BCUT2D eigenvalue weighted by molar-refractivity contribution is 5.84. The number of likely N-dealkylation sites (N-methyl/N-ethyl adjacent to an activating group) is 1. The number of allylic oxidation sites excluding steroid dienone is 3. The van der Waals surface area contributed by atoms with E-state index >= 15 is 17.6 Å². The third-order valence-electron chi connectivity index (χ3n) is 8.51. The van der Waals surface area contributed by atoms with Crippen molar-refractivity contribution in [2.75, 3.05) is 56.2 Å². The van der Waals surface area contributed by atoms with E-state index in [-0.39, 0.29) is 34.5 Å². The van der Waals surface area contributed by atoms with Crippen LogP contribution in [0.4, 0.5) is 29.2 Å². The third kappa shape index (κ3) is 5.19. The molecule has 8 nitrogen and oxygen atoms in total. The van der Waals surface area contributed by atoms with E-state index in [1.165, 1.54) is 30.6 Å². The van der Waals surface area contributed by atoms with Crippen LogP contribution in [0.2, 0.25) is 0 Å². The van der Waals surface area contributed by atoms with Crippen LogP contribution < -0.4 is 15.5 Å². The standard InChI is InChI=1S/C29H34F4N6O2/c1-18-16-39(17-19(2)37(18)3)25-13-24(30)21(20-14-35-27(36-15-20)38-8-10-41-11-9-38)12-23(25)28(29(31,32)33)7-5-4-6-22(28)26(34)40/h4-7,12-15,18-19,22H,8-11,16-17H2,1-3H3,(H2,34,40)/t18-,19+,22?,28?. The molecule has 12 heteroatoms. The summed E-state index contributed by atoms with van der Waals surface area (Å²) in [5.41, 5.74) is 2.73. The molecule has 1 amide bonds. The highest BCUT2D eigenvalue weighted by Crippen LogP contribution is 2.53. The fraction of sp³-hybridized carbons (Fsp3) is 0.483. The zero-order valence-electron chi connectivity index (χ0n) is 23.2. The Bertz CT molecular complexity index is 1330. The number of amides is 1. The number of piperazine rings is 1. The molecule has 5 rings (SSSR count). The van der Waals surface area contributed by atoms with Gasteiger partial charge < -0.3 is 20.3 Å². The van der Waals surface area contributed by atoms with Crippen molar-refractivity contribution in [3.05, 3.63) is 60.2 Å². The van der Waals surface area contributed by atoms with E-state index in [9.17, 15) is 4.79 Å². The summed E-state index contributed by atoms with van der Waals surface area (Å²) in [5, 5.41) is 0. The number of hydrogen-bond acceptors (Lipinski definition) is 7. The molecule has 220 valence electrons. The van der Waals surface area contributed by atoms with Crippen LogP contribution in [0.1, 0.15) is 19.4 Å². The Balaban J connectivity index is 1.69. The molecular formula is C29H34F4N6O2. The molecular weight excluding hydrogens is 540 g/mol. The Morgan fingerprint density at radius 2 is 1.68 bits per heavy atom. The van der Waals surface area contributed by atoms with Gasteiger partial charge in [-0.05, 0) is 38.6 Å². The molecule has 4 atom stereocenters. The van der Waals surface area contributed by atoms with E-state index in [4.69, 9.17) is 10.5 Å². The first-order chi connectivity index (χ1) is 19.4. The predicted octanol–water partition coefficient (Wildman–Crippen LogP) is 3.68. The highest BCUT2D eigenvalue weighted by atomic mass is 19.4. The van der Waals surface area contributed by atoms with Crippen molar-refractivity contribution in [3.8, 4) is 11.1 Å². The van der Waals surface area contributed by atoms with Gasteiger partial charge in [-0.15, -0.1) is 0 Å². The summed E-state index contributed by atoms with van der Waals surface area (Å²) in [6.07, 6.45) is 2.64. The van der Waals surface area contributed by atoms with Crippen molar-refractivity contribution in [3.63, 3.8) is 0 Å². The van der Waals surface area contributed by atoms with Crippen molar-refractivity contribution in [2.45, 2.75) is 37.5 Å². The van der Waals surface area contributed by atoms with Crippen LogP contribution >= 0.6 is 0 Å². The monoisotopic (exact) mass is 574 g/mol. The van der Waals surface area contributed by atoms with Crippen LogP contribution in [0.15, 0.2) is 48.8 Å². The molecule has 2 aromatic rings. The number of hydrogen-bond donors (Lipinski definition) is 1. The smallest absolute Gasteiger partial charge is 0.378 e. The molecule has 2 saturated heterocycles. The lowest BCUT2D eigenvalue weighted by Gasteiger charge is -2.46. The van der Waals surface area contributed by atoms with E-state index in [0.29, 0.717) is 45.3 Å². The van der Waals surface area contributed by atoms with Crippen LogP contribution in [-0.2, 0) is 14.9 Å². The first-order valence-corrected chi connectivity index (χ1v) is 13.6. The van der Waals surface area contributed by atoms with E-state index in [1.807, 2.05) is 25.8 Å². The Morgan fingerprint density at radius 1 is 1.05 bits per heavy atom. The van der Waals surface area contributed by atoms with Crippen molar-refractivity contribution < 1.29 is 27.1 Å². The van der Waals surface area contributed by atoms with Crippen LogP contribution in [0, 0.1) is 11.7 Å². The van der Waals surface area contributed by atoms with E-state index in [0.717, 1.165) is 18.2 Å². The molecule has 1 aromatic carbocycles. The molecule has 41 heavy (non-hydrogen) atoms. The van der Waals surface area contributed by atoms with Gasteiger partial charge >= 0.3 is 6.18 Å². The maximum absolute atomic E-state index is 15.9. The van der Waals surface area contributed by atoms with Gasteiger partial charge in [-0.25, -0.2) is 14.4 Å². The van der Waals surface area contributed by atoms with Crippen molar-refractivity contribution in [1.82, 2.24) is 14.9 Å². The Morgan fingerprint density at radius 3 is 2.27 bits per heavy atom. The minimum absolute atomic E-state index is 0.00830. The fourth-order valence-electron chi connectivity index (χ4n) is 6.00. The molecule has 0 spiro atoms. The third-order valence-corrected chi connectivity index (χ3v) is 8.51. The first-order valence-electron chi connectivity index (χ1n) is 13.6. The minimum Gasteiger partial charge on any atom is -0.378 e. The molecule has 3 aliphatic rings. The number of halogens is 4. The number of carbonyl (C=O) groups excluding carboxylic acids is 1.